The average Bonchev–Trinajstić information content (AvgIpc) is 3.46. The van der Waals surface area contributed by atoms with Crippen LogP contribution in [0.25, 0.3) is 5.00 Å². The molecule has 0 N–H and O–H groups in total. The van der Waals surface area contributed by atoms with E-state index in [1.807, 2.05) is 47.3 Å². The van der Waals surface area contributed by atoms with Gasteiger partial charge in [0.05, 0.1) is 17.7 Å². The topological polar surface area (TPSA) is 67.7 Å². The van der Waals surface area contributed by atoms with E-state index in [1.165, 1.54) is 10.4 Å². The molecule has 178 valence electrons. The lowest BCUT2D eigenvalue weighted by Gasteiger charge is -2.24. The van der Waals surface area contributed by atoms with Crippen LogP contribution in [0.3, 0.4) is 0 Å². The number of carbonyl (C=O) groups excluding carboxylic acids is 2. The van der Waals surface area contributed by atoms with Crippen molar-refractivity contribution in [3.63, 3.8) is 0 Å². The molecule has 0 spiro atoms. The highest BCUT2D eigenvalue weighted by atomic mass is 32.2. The minimum absolute atomic E-state index is 0.139. The smallest absolute Gasteiger partial charge is 0.339 e. The Bertz CT molecular complexity index is 1160. The molecule has 5 heterocycles. The lowest BCUT2D eigenvalue weighted by Crippen LogP contribution is -2.36. The van der Waals surface area contributed by atoms with Crippen LogP contribution in [0.15, 0.2) is 42.9 Å². The van der Waals surface area contributed by atoms with Gasteiger partial charge in [0.15, 0.2) is 0 Å². The zero-order valence-electron chi connectivity index (χ0n) is 19.2. The maximum Gasteiger partial charge on any atom is 0.339 e. The molecule has 5 rings (SSSR count). The Kier molecular flexibility index (Phi) is 6.92. The second-order valence-corrected chi connectivity index (χ2v) is 10.5. The van der Waals surface area contributed by atoms with Crippen molar-refractivity contribution >= 4 is 40.8 Å². The number of hydrogen-bond acceptors (Lipinski definition) is 7. The van der Waals surface area contributed by atoms with Crippen molar-refractivity contribution < 1.29 is 14.3 Å². The molecule has 1 saturated heterocycles. The van der Waals surface area contributed by atoms with Crippen LogP contribution in [0.4, 0.5) is 5.82 Å². The number of fused-ring (bicyclic) bond motifs is 1. The Labute approximate surface area is 207 Å². The fraction of sp³-hybridized carbons (Fsp3) is 0.400. The predicted octanol–water partition coefficient (Wildman–Crippen LogP) is 4.25. The number of amides is 1. The fourth-order valence-electron chi connectivity index (χ4n) is 4.51. The second-order valence-electron chi connectivity index (χ2n) is 8.34. The van der Waals surface area contributed by atoms with Crippen LogP contribution in [0, 0.1) is 0 Å². The van der Waals surface area contributed by atoms with E-state index < -0.39 is 0 Å². The van der Waals surface area contributed by atoms with E-state index >= 15 is 0 Å². The molecule has 1 amide bonds. The van der Waals surface area contributed by atoms with Gasteiger partial charge in [-0.2, -0.15) is 11.8 Å². The molecule has 0 saturated carbocycles. The van der Waals surface area contributed by atoms with Gasteiger partial charge in [-0.15, -0.1) is 11.3 Å². The number of aromatic nitrogens is 2. The monoisotopic (exact) mass is 496 g/mol. The lowest BCUT2D eigenvalue weighted by molar-refractivity contribution is 0.0525. The van der Waals surface area contributed by atoms with Crippen LogP contribution in [0.2, 0.25) is 0 Å². The Morgan fingerprint density at radius 1 is 1.12 bits per heavy atom. The summed E-state index contributed by atoms with van der Waals surface area (Å²) in [7, 11) is 0. The maximum atomic E-state index is 13.9. The normalized spacial score (nSPS) is 16.1. The van der Waals surface area contributed by atoms with Crippen molar-refractivity contribution in [2.75, 3.05) is 43.4 Å². The summed E-state index contributed by atoms with van der Waals surface area (Å²) in [5, 5.41) is 1.04. The third kappa shape index (κ3) is 4.59. The Hall–Kier alpha value is -2.78. The highest BCUT2D eigenvalue weighted by Gasteiger charge is 2.30. The minimum atomic E-state index is -0.356. The van der Waals surface area contributed by atoms with Gasteiger partial charge < -0.3 is 19.1 Å². The van der Waals surface area contributed by atoms with Crippen LogP contribution < -0.4 is 4.90 Å². The fourth-order valence-corrected chi connectivity index (χ4v) is 6.94. The van der Waals surface area contributed by atoms with Crippen molar-refractivity contribution in [3.05, 3.63) is 64.4 Å². The molecule has 0 atom stereocenters. The number of hydrogen-bond donors (Lipinski definition) is 0. The van der Waals surface area contributed by atoms with Crippen molar-refractivity contribution in [1.82, 2.24) is 14.5 Å². The number of anilines is 1. The van der Waals surface area contributed by atoms with Gasteiger partial charge in [-0.05, 0) is 55.3 Å². The number of esters is 1. The van der Waals surface area contributed by atoms with Gasteiger partial charge in [-0.25, -0.2) is 9.78 Å². The molecule has 3 aromatic rings. The Morgan fingerprint density at radius 2 is 1.97 bits per heavy atom. The summed E-state index contributed by atoms with van der Waals surface area (Å²) in [6, 6.07) is 7.63. The summed E-state index contributed by atoms with van der Waals surface area (Å²) < 4.78 is 7.13. The average molecular weight is 497 g/mol. The summed E-state index contributed by atoms with van der Waals surface area (Å²) in [5.74, 6) is 2.66. The van der Waals surface area contributed by atoms with Crippen LogP contribution in [-0.4, -0.2) is 64.9 Å². The van der Waals surface area contributed by atoms with Gasteiger partial charge in [0, 0.05) is 55.4 Å². The molecule has 7 nitrogen and oxygen atoms in total. The first kappa shape index (κ1) is 23.0. The van der Waals surface area contributed by atoms with Gasteiger partial charge in [-0.3, -0.25) is 4.79 Å². The molecule has 2 aliphatic heterocycles. The summed E-state index contributed by atoms with van der Waals surface area (Å²) in [6.07, 6.45) is 7.44. The van der Waals surface area contributed by atoms with Gasteiger partial charge in [0.2, 0.25) is 0 Å². The first-order chi connectivity index (χ1) is 16.7. The molecule has 0 unspecified atom stereocenters. The highest BCUT2D eigenvalue weighted by Crippen LogP contribution is 2.39. The van der Waals surface area contributed by atoms with E-state index in [9.17, 15) is 9.59 Å². The molecule has 0 bridgehead atoms. The first-order valence-corrected chi connectivity index (χ1v) is 13.7. The van der Waals surface area contributed by atoms with Gasteiger partial charge in [0.1, 0.15) is 10.8 Å². The molecular formula is C25H28N4O3S2. The standard InChI is InChI=1S/C25H28N4O3S2/c1-2-32-25(31)18-6-7-21(26-16-18)27-11-5-12-28(14-13-27)23(30)22-19-8-15-33-17-20(19)34-24(22)29-9-3-4-10-29/h3-4,6-7,9-10,16H,2,5,8,11-15,17H2,1H3. The second kappa shape index (κ2) is 10.2. The zero-order valence-corrected chi connectivity index (χ0v) is 20.9. The Balaban J connectivity index is 1.33. The third-order valence-electron chi connectivity index (χ3n) is 6.22. The van der Waals surface area contributed by atoms with E-state index in [0.29, 0.717) is 25.3 Å². The molecule has 9 heteroatoms. The van der Waals surface area contributed by atoms with Gasteiger partial charge >= 0.3 is 5.97 Å². The molecule has 34 heavy (non-hydrogen) atoms. The van der Waals surface area contributed by atoms with Gasteiger partial charge in [0.25, 0.3) is 5.91 Å². The van der Waals surface area contributed by atoms with Crippen molar-refractivity contribution in [2.45, 2.75) is 25.5 Å². The number of thioether (sulfide) groups is 1. The molecular weight excluding hydrogens is 468 g/mol. The number of carbonyl (C=O) groups is 2. The predicted molar refractivity (Wildman–Crippen MR) is 136 cm³/mol. The number of thiophene rings is 1. The van der Waals surface area contributed by atoms with E-state index in [2.05, 4.69) is 14.5 Å². The van der Waals surface area contributed by atoms with E-state index in [1.54, 1.807) is 30.5 Å². The summed E-state index contributed by atoms with van der Waals surface area (Å²) in [4.78, 5) is 35.8. The maximum absolute atomic E-state index is 13.9. The minimum Gasteiger partial charge on any atom is -0.462 e. The number of rotatable bonds is 5. The van der Waals surface area contributed by atoms with Crippen LogP contribution in [-0.2, 0) is 16.9 Å². The molecule has 3 aromatic heterocycles. The largest absolute Gasteiger partial charge is 0.462 e. The van der Waals surface area contributed by atoms with Crippen molar-refractivity contribution in [1.29, 1.82) is 0 Å². The summed E-state index contributed by atoms with van der Waals surface area (Å²) in [6.45, 7) is 5.02. The molecule has 2 aliphatic rings. The van der Waals surface area contributed by atoms with Crippen molar-refractivity contribution in [2.24, 2.45) is 0 Å². The zero-order chi connectivity index (χ0) is 23.5. The molecule has 0 aliphatic carbocycles. The molecule has 0 aromatic carbocycles. The van der Waals surface area contributed by atoms with Crippen LogP contribution in [0.1, 0.15) is 44.5 Å². The summed E-state index contributed by atoms with van der Waals surface area (Å²) >= 11 is 3.70. The first-order valence-electron chi connectivity index (χ1n) is 11.7. The summed E-state index contributed by atoms with van der Waals surface area (Å²) in [5.41, 5.74) is 2.59. The number of pyridine rings is 1. The van der Waals surface area contributed by atoms with E-state index in [4.69, 9.17) is 4.74 Å². The van der Waals surface area contributed by atoms with E-state index in [-0.39, 0.29) is 11.9 Å². The lowest BCUT2D eigenvalue weighted by atomic mass is 10.1. The number of ether oxygens (including phenoxy) is 1. The van der Waals surface area contributed by atoms with Crippen molar-refractivity contribution in [3.8, 4) is 5.00 Å². The SMILES string of the molecule is CCOC(=O)c1ccc(N2CCCN(C(=O)c3c(-n4cccc4)sc4c3CCSC4)CC2)nc1. The highest BCUT2D eigenvalue weighted by molar-refractivity contribution is 7.98. The van der Waals surface area contributed by atoms with Gasteiger partial charge in [-0.1, -0.05) is 0 Å². The molecule has 1 fully saturated rings. The molecule has 0 radical (unpaired) electrons. The van der Waals surface area contributed by atoms with Crippen LogP contribution >= 0.6 is 23.1 Å². The Morgan fingerprint density at radius 3 is 2.74 bits per heavy atom. The third-order valence-corrected chi connectivity index (χ3v) is 8.63. The number of nitrogens with zero attached hydrogens (tertiary/aromatic N) is 4. The quantitative estimate of drug-likeness (QED) is 0.492. The van der Waals surface area contributed by atoms with E-state index in [0.717, 1.165) is 53.8 Å². The van der Waals surface area contributed by atoms with Crippen LogP contribution in [0.5, 0.6) is 0 Å².